The third kappa shape index (κ3) is 3.34. The van der Waals surface area contributed by atoms with Gasteiger partial charge in [-0.3, -0.25) is 4.98 Å². The number of pyridine rings is 1. The molecule has 2 aromatic heterocycles. The minimum absolute atomic E-state index is 0.249. The van der Waals surface area contributed by atoms with Crippen molar-refractivity contribution in [3.63, 3.8) is 0 Å². The van der Waals surface area contributed by atoms with Crippen molar-refractivity contribution >= 4 is 5.95 Å². The van der Waals surface area contributed by atoms with Crippen molar-refractivity contribution in [1.82, 2.24) is 14.5 Å². The van der Waals surface area contributed by atoms with Crippen LogP contribution in [-0.2, 0) is 0 Å². The second-order valence-electron chi connectivity index (χ2n) is 5.34. The highest BCUT2D eigenvalue weighted by molar-refractivity contribution is 5.32. The quantitative estimate of drug-likeness (QED) is 0.895. The summed E-state index contributed by atoms with van der Waals surface area (Å²) in [5.74, 6) is 1.54. The second-order valence-corrected chi connectivity index (χ2v) is 5.34. The van der Waals surface area contributed by atoms with Gasteiger partial charge >= 0.3 is 0 Å². The Bertz CT molecular complexity index is 516. The number of aryl methyl sites for hydroxylation is 1. The first-order chi connectivity index (χ1) is 9.08. The van der Waals surface area contributed by atoms with Crippen LogP contribution in [0.25, 0.3) is 0 Å². The van der Waals surface area contributed by atoms with Gasteiger partial charge in [0.15, 0.2) is 0 Å². The number of aromatic nitrogens is 3. The van der Waals surface area contributed by atoms with Gasteiger partial charge in [-0.05, 0) is 37.5 Å². The van der Waals surface area contributed by atoms with Gasteiger partial charge in [-0.1, -0.05) is 13.8 Å². The molecule has 0 amide bonds. The van der Waals surface area contributed by atoms with Crippen LogP contribution in [0.2, 0.25) is 0 Å². The van der Waals surface area contributed by atoms with Crippen molar-refractivity contribution in [3.8, 4) is 0 Å². The highest BCUT2D eigenvalue weighted by Crippen LogP contribution is 2.22. The summed E-state index contributed by atoms with van der Waals surface area (Å²) in [5, 5.41) is 3.42. The largest absolute Gasteiger partial charge is 0.355 e. The summed E-state index contributed by atoms with van der Waals surface area (Å²) in [6.07, 6.45) is 5.75. The lowest BCUT2D eigenvalue weighted by Gasteiger charge is -2.18. The molecular formula is C15H22N4. The zero-order valence-corrected chi connectivity index (χ0v) is 12.1. The van der Waals surface area contributed by atoms with E-state index in [4.69, 9.17) is 0 Å². The van der Waals surface area contributed by atoms with Crippen LogP contribution >= 0.6 is 0 Å². The summed E-state index contributed by atoms with van der Waals surface area (Å²) in [7, 11) is 0. The first kappa shape index (κ1) is 13.6. The predicted molar refractivity (Wildman–Crippen MR) is 78.3 cm³/mol. The Balaban J connectivity index is 2.24. The number of hydrogen-bond donors (Lipinski definition) is 1. The van der Waals surface area contributed by atoms with E-state index < -0.39 is 0 Å². The Labute approximate surface area is 114 Å². The normalized spacial score (nSPS) is 12.7. The van der Waals surface area contributed by atoms with Crippen LogP contribution < -0.4 is 5.32 Å². The Morgan fingerprint density at radius 3 is 2.53 bits per heavy atom. The van der Waals surface area contributed by atoms with Crippen molar-refractivity contribution in [2.45, 2.75) is 33.7 Å². The highest BCUT2D eigenvalue weighted by Gasteiger charge is 2.13. The third-order valence-electron chi connectivity index (χ3n) is 3.13. The summed E-state index contributed by atoms with van der Waals surface area (Å²) in [4.78, 5) is 8.63. The van der Waals surface area contributed by atoms with E-state index in [-0.39, 0.29) is 6.04 Å². The molecule has 102 valence electrons. The van der Waals surface area contributed by atoms with Crippen molar-refractivity contribution in [3.05, 3.63) is 42.0 Å². The number of rotatable bonds is 5. The van der Waals surface area contributed by atoms with Gasteiger partial charge < -0.3 is 9.88 Å². The molecule has 0 aliphatic rings. The fourth-order valence-corrected chi connectivity index (χ4v) is 2.04. The van der Waals surface area contributed by atoms with Crippen LogP contribution in [0.5, 0.6) is 0 Å². The fourth-order valence-electron chi connectivity index (χ4n) is 2.04. The van der Waals surface area contributed by atoms with E-state index in [9.17, 15) is 0 Å². The summed E-state index contributed by atoms with van der Waals surface area (Å²) >= 11 is 0. The van der Waals surface area contributed by atoms with Crippen molar-refractivity contribution in [2.24, 2.45) is 5.92 Å². The number of hydrogen-bond acceptors (Lipinski definition) is 3. The minimum atomic E-state index is 0.249. The SMILES string of the molecule is Cc1cn(C(C)c2ccncc2)c(NCC(C)C)n1. The van der Waals surface area contributed by atoms with E-state index in [1.165, 1.54) is 5.56 Å². The van der Waals surface area contributed by atoms with Crippen molar-refractivity contribution in [1.29, 1.82) is 0 Å². The van der Waals surface area contributed by atoms with Crippen molar-refractivity contribution in [2.75, 3.05) is 11.9 Å². The lowest BCUT2D eigenvalue weighted by atomic mass is 10.1. The first-order valence-electron chi connectivity index (χ1n) is 6.77. The summed E-state index contributed by atoms with van der Waals surface area (Å²) in [5.41, 5.74) is 2.27. The zero-order chi connectivity index (χ0) is 13.8. The molecule has 4 heteroatoms. The maximum absolute atomic E-state index is 4.57. The molecule has 0 spiro atoms. The molecule has 2 aromatic rings. The van der Waals surface area contributed by atoms with Crippen molar-refractivity contribution < 1.29 is 0 Å². The molecule has 1 unspecified atom stereocenters. The molecule has 0 saturated carbocycles. The van der Waals surface area contributed by atoms with Crippen LogP contribution in [-0.4, -0.2) is 21.1 Å². The first-order valence-corrected chi connectivity index (χ1v) is 6.77. The molecule has 0 aliphatic heterocycles. The Morgan fingerprint density at radius 1 is 1.21 bits per heavy atom. The molecule has 19 heavy (non-hydrogen) atoms. The third-order valence-corrected chi connectivity index (χ3v) is 3.13. The standard InChI is InChI=1S/C15H22N4/c1-11(2)9-17-15-18-12(3)10-19(15)13(4)14-5-7-16-8-6-14/h5-8,10-11,13H,9H2,1-4H3,(H,17,18). The fraction of sp³-hybridized carbons (Fsp3) is 0.467. The van der Waals surface area contributed by atoms with Crippen LogP contribution in [0.3, 0.4) is 0 Å². The topological polar surface area (TPSA) is 42.7 Å². The maximum Gasteiger partial charge on any atom is 0.203 e. The second kappa shape index (κ2) is 5.87. The summed E-state index contributed by atoms with van der Waals surface area (Å²) in [6.45, 7) is 9.52. The zero-order valence-electron chi connectivity index (χ0n) is 12.1. The average molecular weight is 258 g/mol. The molecule has 0 bridgehead atoms. The Morgan fingerprint density at radius 2 is 1.89 bits per heavy atom. The van der Waals surface area contributed by atoms with Gasteiger partial charge in [0.1, 0.15) is 0 Å². The average Bonchev–Trinajstić information content (AvgIpc) is 2.78. The summed E-state index contributed by atoms with van der Waals surface area (Å²) in [6, 6.07) is 4.34. The molecule has 1 N–H and O–H groups in total. The van der Waals surface area contributed by atoms with E-state index in [2.05, 4.69) is 46.8 Å². The molecule has 0 fully saturated rings. The van der Waals surface area contributed by atoms with E-state index in [0.717, 1.165) is 18.2 Å². The predicted octanol–water partition coefficient (Wildman–Crippen LogP) is 3.26. The van der Waals surface area contributed by atoms with Gasteiger partial charge in [-0.15, -0.1) is 0 Å². The molecule has 0 aliphatic carbocycles. The molecule has 0 saturated heterocycles. The number of nitrogens with zero attached hydrogens (tertiary/aromatic N) is 3. The molecule has 0 radical (unpaired) electrons. The molecule has 2 heterocycles. The van der Waals surface area contributed by atoms with Gasteiger partial charge in [0.2, 0.25) is 5.95 Å². The van der Waals surface area contributed by atoms with E-state index in [1.807, 2.05) is 31.5 Å². The Hall–Kier alpha value is -1.84. The van der Waals surface area contributed by atoms with Crippen LogP contribution in [0.1, 0.15) is 38.1 Å². The van der Waals surface area contributed by atoms with Gasteiger partial charge in [-0.25, -0.2) is 4.98 Å². The molecule has 1 atom stereocenters. The lowest BCUT2D eigenvalue weighted by molar-refractivity contribution is 0.628. The number of imidazole rings is 1. The highest BCUT2D eigenvalue weighted by atomic mass is 15.2. The Kier molecular flexibility index (Phi) is 4.20. The summed E-state index contributed by atoms with van der Waals surface area (Å²) < 4.78 is 2.19. The van der Waals surface area contributed by atoms with Gasteiger partial charge in [0.05, 0.1) is 11.7 Å². The monoisotopic (exact) mass is 258 g/mol. The van der Waals surface area contributed by atoms with E-state index >= 15 is 0 Å². The van der Waals surface area contributed by atoms with E-state index in [1.54, 1.807) is 0 Å². The number of anilines is 1. The number of nitrogens with one attached hydrogen (secondary N) is 1. The van der Waals surface area contributed by atoms with Gasteiger partial charge in [0, 0.05) is 25.1 Å². The minimum Gasteiger partial charge on any atom is -0.355 e. The maximum atomic E-state index is 4.57. The molecule has 4 nitrogen and oxygen atoms in total. The lowest BCUT2D eigenvalue weighted by Crippen LogP contribution is -2.15. The smallest absolute Gasteiger partial charge is 0.203 e. The van der Waals surface area contributed by atoms with Gasteiger partial charge in [-0.2, -0.15) is 0 Å². The molecule has 0 aromatic carbocycles. The van der Waals surface area contributed by atoms with Crippen LogP contribution in [0.15, 0.2) is 30.7 Å². The van der Waals surface area contributed by atoms with Gasteiger partial charge in [0.25, 0.3) is 0 Å². The molecular weight excluding hydrogens is 236 g/mol. The van der Waals surface area contributed by atoms with E-state index in [0.29, 0.717) is 5.92 Å². The molecule has 2 rings (SSSR count). The van der Waals surface area contributed by atoms with Crippen LogP contribution in [0, 0.1) is 12.8 Å². The van der Waals surface area contributed by atoms with Crippen LogP contribution in [0.4, 0.5) is 5.95 Å².